The number of nitrogens with zero attached hydrogens (tertiary/aromatic N) is 2. The number of halogens is 1. The molecule has 5 rings (SSSR count). The van der Waals surface area contributed by atoms with E-state index in [0.29, 0.717) is 6.61 Å². The van der Waals surface area contributed by atoms with Crippen LogP contribution in [-0.2, 0) is 4.74 Å². The highest BCUT2D eigenvalue weighted by atomic mass is 35.5. The molecular weight excluding hydrogens is 488 g/mol. The lowest BCUT2D eigenvalue weighted by Gasteiger charge is -2.39. The van der Waals surface area contributed by atoms with Gasteiger partial charge in [0.25, 0.3) is 0 Å². The van der Waals surface area contributed by atoms with Crippen molar-refractivity contribution in [3.8, 4) is 11.8 Å². The smallest absolute Gasteiger partial charge is 0.109 e. The molecule has 1 aliphatic rings. The summed E-state index contributed by atoms with van der Waals surface area (Å²) in [6.07, 6.45) is -0.104. The van der Waals surface area contributed by atoms with Crippen LogP contribution in [0, 0.1) is 11.8 Å². The van der Waals surface area contributed by atoms with Gasteiger partial charge >= 0.3 is 0 Å². The molecule has 0 unspecified atom stereocenters. The number of benzene rings is 4. The first-order valence-corrected chi connectivity index (χ1v) is 13.1. The lowest BCUT2D eigenvalue weighted by Crippen LogP contribution is -2.47. The van der Waals surface area contributed by atoms with Gasteiger partial charge in [-0.25, -0.2) is 0 Å². The number of ether oxygens (including phenoxy) is 1. The molecule has 1 fully saturated rings. The Balaban J connectivity index is 0.00000336. The Morgan fingerprint density at radius 3 is 1.42 bits per heavy atom. The van der Waals surface area contributed by atoms with Crippen LogP contribution in [0.15, 0.2) is 121 Å². The van der Waals surface area contributed by atoms with Gasteiger partial charge in [-0.05, 0) is 22.3 Å². The zero-order valence-electron chi connectivity index (χ0n) is 21.7. The number of hydrogen-bond donors (Lipinski definition) is 0. The number of hydrogen-bond acceptors (Lipinski definition) is 3. The van der Waals surface area contributed by atoms with Crippen molar-refractivity contribution in [3.05, 3.63) is 144 Å². The lowest BCUT2D eigenvalue weighted by molar-refractivity contribution is 0.108. The van der Waals surface area contributed by atoms with Crippen LogP contribution >= 0.6 is 12.4 Å². The summed E-state index contributed by atoms with van der Waals surface area (Å²) in [5.41, 5.74) is 5.01. The molecule has 0 aliphatic carbocycles. The molecule has 4 heteroatoms. The fraction of sp³-hybridized carbons (Fsp3) is 0.235. The van der Waals surface area contributed by atoms with Crippen molar-refractivity contribution in [1.29, 1.82) is 0 Å². The average Bonchev–Trinajstić information content (AvgIpc) is 2.98. The van der Waals surface area contributed by atoms with Gasteiger partial charge in [-0.1, -0.05) is 133 Å². The van der Waals surface area contributed by atoms with Crippen LogP contribution in [0.3, 0.4) is 0 Å². The minimum absolute atomic E-state index is 0. The van der Waals surface area contributed by atoms with Gasteiger partial charge in [-0.3, -0.25) is 9.80 Å². The van der Waals surface area contributed by atoms with Gasteiger partial charge < -0.3 is 4.74 Å². The summed E-state index contributed by atoms with van der Waals surface area (Å²) in [6, 6.07) is 42.7. The first kappa shape index (κ1) is 27.6. The summed E-state index contributed by atoms with van der Waals surface area (Å²) in [5, 5.41) is 0. The van der Waals surface area contributed by atoms with E-state index in [-0.39, 0.29) is 24.6 Å². The highest BCUT2D eigenvalue weighted by molar-refractivity contribution is 5.85. The Labute approximate surface area is 233 Å². The fourth-order valence-corrected chi connectivity index (χ4v) is 5.05. The van der Waals surface area contributed by atoms with E-state index in [1.807, 2.05) is 12.1 Å². The molecule has 0 spiro atoms. The van der Waals surface area contributed by atoms with Crippen LogP contribution in [0.1, 0.15) is 34.4 Å². The molecule has 0 atom stereocenters. The molecule has 0 bridgehead atoms. The SMILES string of the molecule is C(#CCN1CCN(C(c2ccccc2)c2ccccc2)CC1)COC(c1ccccc1)c1ccccc1.Cl. The number of rotatable bonds is 8. The molecule has 0 N–H and O–H groups in total. The van der Waals surface area contributed by atoms with E-state index >= 15 is 0 Å². The third kappa shape index (κ3) is 7.34. The monoisotopic (exact) mass is 522 g/mol. The fourth-order valence-electron chi connectivity index (χ4n) is 5.05. The Morgan fingerprint density at radius 2 is 0.974 bits per heavy atom. The van der Waals surface area contributed by atoms with Crippen molar-refractivity contribution >= 4 is 12.4 Å². The van der Waals surface area contributed by atoms with Crippen LogP contribution in [-0.4, -0.2) is 49.1 Å². The maximum atomic E-state index is 6.25. The van der Waals surface area contributed by atoms with Crippen molar-refractivity contribution in [2.45, 2.75) is 12.1 Å². The van der Waals surface area contributed by atoms with E-state index in [9.17, 15) is 0 Å². The Kier molecular flexibility index (Phi) is 10.6. The van der Waals surface area contributed by atoms with E-state index < -0.39 is 0 Å². The molecule has 1 saturated heterocycles. The van der Waals surface area contributed by atoms with E-state index in [4.69, 9.17) is 4.74 Å². The first-order valence-electron chi connectivity index (χ1n) is 13.1. The molecule has 1 aliphatic heterocycles. The summed E-state index contributed by atoms with van der Waals surface area (Å²) >= 11 is 0. The second-order valence-electron chi connectivity index (χ2n) is 9.40. The van der Waals surface area contributed by atoms with Crippen molar-refractivity contribution in [2.75, 3.05) is 39.3 Å². The largest absolute Gasteiger partial charge is 0.356 e. The predicted octanol–water partition coefficient (Wildman–Crippen LogP) is 6.63. The Hall–Kier alpha value is -3.39. The third-order valence-electron chi connectivity index (χ3n) is 6.96. The quantitative estimate of drug-likeness (QED) is 0.242. The lowest BCUT2D eigenvalue weighted by atomic mass is 9.96. The van der Waals surface area contributed by atoms with Gasteiger partial charge in [-0.2, -0.15) is 0 Å². The summed E-state index contributed by atoms with van der Waals surface area (Å²) < 4.78 is 6.25. The van der Waals surface area contributed by atoms with Crippen LogP contribution in [0.4, 0.5) is 0 Å². The molecule has 0 radical (unpaired) electrons. The molecular formula is C34H35ClN2O. The van der Waals surface area contributed by atoms with E-state index in [0.717, 1.165) is 43.9 Å². The van der Waals surface area contributed by atoms with E-state index in [2.05, 4.69) is 131 Å². The van der Waals surface area contributed by atoms with Crippen LogP contribution in [0.2, 0.25) is 0 Å². The average molecular weight is 523 g/mol. The Bertz CT molecular complexity index is 1190. The second-order valence-corrected chi connectivity index (χ2v) is 9.40. The minimum Gasteiger partial charge on any atom is -0.356 e. The van der Waals surface area contributed by atoms with Crippen molar-refractivity contribution in [3.63, 3.8) is 0 Å². The predicted molar refractivity (Wildman–Crippen MR) is 158 cm³/mol. The topological polar surface area (TPSA) is 15.7 Å². The Morgan fingerprint density at radius 1 is 0.553 bits per heavy atom. The maximum absolute atomic E-state index is 6.25. The van der Waals surface area contributed by atoms with Gasteiger partial charge in [0.1, 0.15) is 12.7 Å². The van der Waals surface area contributed by atoms with Crippen LogP contribution in [0.5, 0.6) is 0 Å². The standard InChI is InChI=1S/C34H34N2O.ClH/c1-5-15-29(16-6-1)33(30-17-7-2-8-18-30)36-26-24-35(25-27-36)23-13-14-28-37-34(31-19-9-3-10-20-31)32-21-11-4-12-22-32;/h1-12,15-22,33-34H,23-28H2;1H. The first-order chi connectivity index (χ1) is 18.4. The normalized spacial score (nSPS) is 14.1. The minimum atomic E-state index is -0.104. The van der Waals surface area contributed by atoms with Gasteiger partial charge in [-0.15, -0.1) is 12.4 Å². The molecule has 4 aromatic rings. The van der Waals surface area contributed by atoms with Gasteiger partial charge in [0.2, 0.25) is 0 Å². The molecule has 194 valence electrons. The molecule has 0 saturated carbocycles. The van der Waals surface area contributed by atoms with E-state index in [1.165, 1.54) is 11.1 Å². The third-order valence-corrected chi connectivity index (χ3v) is 6.96. The van der Waals surface area contributed by atoms with Crippen molar-refractivity contribution in [2.24, 2.45) is 0 Å². The zero-order chi connectivity index (χ0) is 25.1. The summed E-state index contributed by atoms with van der Waals surface area (Å²) in [5.74, 6) is 6.61. The second kappa shape index (κ2) is 14.5. The van der Waals surface area contributed by atoms with Gasteiger partial charge in [0.15, 0.2) is 0 Å². The van der Waals surface area contributed by atoms with Crippen molar-refractivity contribution < 1.29 is 4.74 Å². The molecule has 0 aromatic heterocycles. The van der Waals surface area contributed by atoms with E-state index in [1.54, 1.807) is 0 Å². The van der Waals surface area contributed by atoms with Crippen LogP contribution in [0.25, 0.3) is 0 Å². The highest BCUT2D eigenvalue weighted by Gasteiger charge is 2.26. The summed E-state index contributed by atoms with van der Waals surface area (Å²) in [4.78, 5) is 5.05. The molecule has 3 nitrogen and oxygen atoms in total. The zero-order valence-corrected chi connectivity index (χ0v) is 22.5. The number of piperazine rings is 1. The molecule has 4 aromatic carbocycles. The molecule has 0 amide bonds. The van der Waals surface area contributed by atoms with Crippen molar-refractivity contribution in [1.82, 2.24) is 9.80 Å². The summed E-state index contributed by atoms with van der Waals surface area (Å²) in [7, 11) is 0. The molecule has 38 heavy (non-hydrogen) atoms. The van der Waals surface area contributed by atoms with Gasteiger partial charge in [0.05, 0.1) is 12.6 Å². The summed E-state index contributed by atoms with van der Waals surface area (Å²) in [6.45, 7) is 5.27. The molecule has 1 heterocycles. The van der Waals surface area contributed by atoms with Gasteiger partial charge in [0, 0.05) is 26.2 Å². The van der Waals surface area contributed by atoms with Crippen LogP contribution < -0.4 is 0 Å². The highest BCUT2D eigenvalue weighted by Crippen LogP contribution is 2.29. The maximum Gasteiger partial charge on any atom is 0.109 e.